The van der Waals surface area contributed by atoms with Gasteiger partial charge in [0.25, 0.3) is 0 Å². The van der Waals surface area contributed by atoms with E-state index in [-0.39, 0.29) is 0 Å². The Morgan fingerprint density at radius 3 is 2.71 bits per heavy atom. The first kappa shape index (κ1) is 12.8. The molecule has 4 nitrogen and oxygen atoms in total. The molecule has 0 spiro atoms. The number of carboxylic acid groups (broad SMARTS) is 1. The van der Waals surface area contributed by atoms with Crippen LogP contribution in [0, 0.1) is 17.8 Å². The normalized spacial score (nSPS) is 33.2. The predicted molar refractivity (Wildman–Crippen MR) is 66.7 cm³/mol. The Kier molecular flexibility index (Phi) is 4.05. The van der Waals surface area contributed by atoms with Crippen LogP contribution in [-0.2, 0) is 4.79 Å². The number of likely N-dealkylation sites (N-methyl/N-ethyl adjacent to an activating group) is 1. The molecule has 2 rings (SSSR count). The number of hydrogen-bond acceptors (Lipinski definition) is 3. The zero-order valence-corrected chi connectivity index (χ0v) is 10.6. The summed E-state index contributed by atoms with van der Waals surface area (Å²) in [6, 6.07) is -0.404. The maximum Gasteiger partial charge on any atom is 0.320 e. The molecule has 2 aliphatic rings. The molecule has 3 N–H and O–H groups in total. The molecule has 0 aromatic heterocycles. The van der Waals surface area contributed by atoms with Gasteiger partial charge in [-0.15, -0.1) is 0 Å². The minimum atomic E-state index is -0.735. The molecule has 2 saturated carbocycles. The van der Waals surface area contributed by atoms with Crippen molar-refractivity contribution in [3.8, 4) is 0 Å². The molecule has 0 aromatic carbocycles. The third kappa shape index (κ3) is 2.80. The lowest BCUT2D eigenvalue weighted by Crippen LogP contribution is -2.43. The van der Waals surface area contributed by atoms with Crippen molar-refractivity contribution in [2.75, 3.05) is 20.1 Å². The van der Waals surface area contributed by atoms with E-state index in [2.05, 4.69) is 0 Å². The standard InChI is InChI=1S/C13H24N2O2/c1-15(12(4-5-14)13(16)17)8-11-7-9-2-3-10(11)6-9/h9-12H,2-8,14H2,1H3,(H,16,17). The Bertz CT molecular complexity index is 283. The molecule has 4 unspecified atom stereocenters. The maximum absolute atomic E-state index is 11.2. The molecule has 4 atom stereocenters. The van der Waals surface area contributed by atoms with Crippen molar-refractivity contribution in [1.82, 2.24) is 4.90 Å². The second-order valence-corrected chi connectivity index (χ2v) is 5.81. The van der Waals surface area contributed by atoms with E-state index in [1.165, 1.54) is 25.7 Å². The third-order valence-electron chi connectivity index (χ3n) is 4.66. The van der Waals surface area contributed by atoms with Crippen molar-refractivity contribution in [3.05, 3.63) is 0 Å². The Morgan fingerprint density at radius 1 is 1.47 bits per heavy atom. The summed E-state index contributed by atoms with van der Waals surface area (Å²) in [5, 5.41) is 9.18. The third-order valence-corrected chi connectivity index (χ3v) is 4.66. The summed E-state index contributed by atoms with van der Waals surface area (Å²) in [6.45, 7) is 1.37. The molecule has 0 saturated heterocycles. The number of hydrogen-bond donors (Lipinski definition) is 2. The fraction of sp³-hybridized carbons (Fsp3) is 0.923. The number of aliphatic carboxylic acids is 1. The van der Waals surface area contributed by atoms with Gasteiger partial charge in [0.1, 0.15) is 6.04 Å². The molecule has 0 heterocycles. The maximum atomic E-state index is 11.2. The van der Waals surface area contributed by atoms with Crippen LogP contribution in [0.25, 0.3) is 0 Å². The van der Waals surface area contributed by atoms with Crippen molar-refractivity contribution in [1.29, 1.82) is 0 Å². The first-order valence-corrected chi connectivity index (χ1v) is 6.75. The van der Waals surface area contributed by atoms with Gasteiger partial charge in [0, 0.05) is 6.54 Å². The van der Waals surface area contributed by atoms with E-state index >= 15 is 0 Å². The number of fused-ring (bicyclic) bond motifs is 2. The highest BCUT2D eigenvalue weighted by atomic mass is 16.4. The second kappa shape index (κ2) is 5.36. The summed E-state index contributed by atoms with van der Waals surface area (Å²) in [5.74, 6) is 1.77. The highest BCUT2D eigenvalue weighted by Gasteiger charge is 2.40. The smallest absolute Gasteiger partial charge is 0.320 e. The fourth-order valence-corrected chi connectivity index (χ4v) is 3.79. The van der Waals surface area contributed by atoms with Crippen LogP contribution in [0.3, 0.4) is 0 Å². The lowest BCUT2D eigenvalue weighted by atomic mass is 9.88. The van der Waals surface area contributed by atoms with Crippen LogP contribution < -0.4 is 5.73 Å². The van der Waals surface area contributed by atoms with E-state index in [1.54, 1.807) is 0 Å². The Balaban J connectivity index is 1.86. The molecule has 17 heavy (non-hydrogen) atoms. The average Bonchev–Trinajstić information content (AvgIpc) is 2.86. The number of nitrogens with zero attached hydrogens (tertiary/aromatic N) is 1. The lowest BCUT2D eigenvalue weighted by Gasteiger charge is -2.30. The van der Waals surface area contributed by atoms with Gasteiger partial charge in [-0.05, 0) is 57.0 Å². The van der Waals surface area contributed by atoms with Crippen LogP contribution in [0.5, 0.6) is 0 Å². The molecule has 2 fully saturated rings. The summed E-state index contributed by atoms with van der Waals surface area (Å²) in [6.07, 6.45) is 6.00. The predicted octanol–water partition coefficient (Wildman–Crippen LogP) is 1.16. The van der Waals surface area contributed by atoms with Gasteiger partial charge in [-0.25, -0.2) is 0 Å². The topological polar surface area (TPSA) is 66.6 Å². The number of carboxylic acids is 1. The van der Waals surface area contributed by atoms with Gasteiger partial charge < -0.3 is 10.8 Å². The summed E-state index contributed by atoms with van der Waals surface area (Å²) < 4.78 is 0. The molecule has 0 aliphatic heterocycles. The summed E-state index contributed by atoms with van der Waals surface area (Å²) in [5.41, 5.74) is 5.48. The molecule has 4 heteroatoms. The van der Waals surface area contributed by atoms with Crippen LogP contribution in [0.2, 0.25) is 0 Å². The molecule has 0 radical (unpaired) electrons. The highest BCUT2D eigenvalue weighted by Crippen LogP contribution is 2.48. The molecule has 0 aromatic rings. The monoisotopic (exact) mass is 240 g/mol. The summed E-state index contributed by atoms with van der Waals surface area (Å²) in [4.78, 5) is 13.2. The van der Waals surface area contributed by atoms with Gasteiger partial charge in [0.05, 0.1) is 0 Å². The Morgan fingerprint density at radius 2 is 2.24 bits per heavy atom. The summed E-state index contributed by atoms with van der Waals surface area (Å²) in [7, 11) is 1.93. The van der Waals surface area contributed by atoms with E-state index < -0.39 is 12.0 Å². The zero-order valence-electron chi connectivity index (χ0n) is 10.6. The van der Waals surface area contributed by atoms with E-state index in [4.69, 9.17) is 5.73 Å². The van der Waals surface area contributed by atoms with Crippen molar-refractivity contribution in [3.63, 3.8) is 0 Å². The van der Waals surface area contributed by atoms with Gasteiger partial charge in [-0.2, -0.15) is 0 Å². The average molecular weight is 240 g/mol. The first-order chi connectivity index (χ1) is 8.11. The van der Waals surface area contributed by atoms with Gasteiger partial charge in [0.2, 0.25) is 0 Å². The van der Waals surface area contributed by atoms with E-state index in [1.807, 2.05) is 11.9 Å². The van der Waals surface area contributed by atoms with Crippen LogP contribution in [0.15, 0.2) is 0 Å². The van der Waals surface area contributed by atoms with Crippen LogP contribution >= 0.6 is 0 Å². The van der Waals surface area contributed by atoms with Gasteiger partial charge >= 0.3 is 5.97 Å². The molecular formula is C13H24N2O2. The second-order valence-electron chi connectivity index (χ2n) is 5.81. The molecular weight excluding hydrogens is 216 g/mol. The van der Waals surface area contributed by atoms with Crippen molar-refractivity contribution < 1.29 is 9.90 Å². The number of rotatable bonds is 6. The van der Waals surface area contributed by atoms with Gasteiger partial charge in [-0.3, -0.25) is 9.69 Å². The van der Waals surface area contributed by atoms with Gasteiger partial charge in [0.15, 0.2) is 0 Å². The quantitative estimate of drug-likeness (QED) is 0.731. The minimum absolute atomic E-state index is 0.404. The lowest BCUT2D eigenvalue weighted by molar-refractivity contribution is -0.143. The Labute approximate surface area is 103 Å². The zero-order chi connectivity index (χ0) is 12.4. The summed E-state index contributed by atoms with van der Waals surface area (Å²) >= 11 is 0. The molecule has 2 aliphatic carbocycles. The minimum Gasteiger partial charge on any atom is -0.480 e. The van der Waals surface area contributed by atoms with Crippen LogP contribution in [-0.4, -0.2) is 42.2 Å². The largest absolute Gasteiger partial charge is 0.480 e. The van der Waals surface area contributed by atoms with Crippen LogP contribution in [0.1, 0.15) is 32.1 Å². The fourth-order valence-electron chi connectivity index (χ4n) is 3.79. The molecule has 98 valence electrons. The SMILES string of the molecule is CN(CC1CC2CCC1C2)C(CCN)C(=O)O. The van der Waals surface area contributed by atoms with Crippen molar-refractivity contribution >= 4 is 5.97 Å². The highest BCUT2D eigenvalue weighted by molar-refractivity contribution is 5.73. The van der Waals surface area contributed by atoms with E-state index in [0.29, 0.717) is 13.0 Å². The Hall–Kier alpha value is -0.610. The van der Waals surface area contributed by atoms with E-state index in [9.17, 15) is 9.90 Å². The number of carbonyl (C=O) groups is 1. The van der Waals surface area contributed by atoms with Crippen LogP contribution in [0.4, 0.5) is 0 Å². The van der Waals surface area contributed by atoms with Gasteiger partial charge in [-0.1, -0.05) is 6.42 Å². The molecule has 0 amide bonds. The molecule has 2 bridgehead atoms. The number of nitrogens with two attached hydrogens (primary N) is 1. The van der Waals surface area contributed by atoms with Crippen molar-refractivity contribution in [2.24, 2.45) is 23.5 Å². The van der Waals surface area contributed by atoms with E-state index in [0.717, 1.165) is 24.3 Å². The first-order valence-electron chi connectivity index (χ1n) is 6.75. The van der Waals surface area contributed by atoms with Crippen molar-refractivity contribution in [2.45, 2.75) is 38.1 Å².